The molecule has 64 valence electrons. The number of ether oxygens (including phenoxy) is 1. The van der Waals surface area contributed by atoms with E-state index in [1.165, 1.54) is 18.6 Å². The van der Waals surface area contributed by atoms with Gasteiger partial charge >= 0.3 is 5.97 Å². The molecule has 4 nitrogen and oxygen atoms in total. The summed E-state index contributed by atoms with van der Waals surface area (Å²) in [5.41, 5.74) is 0.216. The molecule has 0 bridgehead atoms. The van der Waals surface area contributed by atoms with Crippen LogP contribution in [-0.2, 0) is 9.53 Å². The third kappa shape index (κ3) is 1.72. The van der Waals surface area contributed by atoms with Gasteiger partial charge in [0, 0.05) is 0 Å². The average Bonchev–Trinajstić information content (AvgIpc) is 2.55. The lowest BCUT2D eigenvalue weighted by Crippen LogP contribution is -2.16. The van der Waals surface area contributed by atoms with Gasteiger partial charge in [-0.2, -0.15) is 0 Å². The lowest BCUT2D eigenvalue weighted by Gasteiger charge is -1.96. The minimum Gasteiger partial charge on any atom is -0.472 e. The first-order valence-corrected chi connectivity index (χ1v) is 3.49. The van der Waals surface area contributed by atoms with Crippen molar-refractivity contribution >= 4 is 11.8 Å². The molecule has 0 aliphatic heterocycles. The lowest BCUT2D eigenvalue weighted by atomic mass is 10.2. The molecular formula is C8H8O4. The third-order valence-electron chi connectivity index (χ3n) is 1.24. The van der Waals surface area contributed by atoms with E-state index in [2.05, 4.69) is 9.15 Å². The van der Waals surface area contributed by atoms with E-state index in [0.29, 0.717) is 0 Å². The van der Waals surface area contributed by atoms with E-state index >= 15 is 0 Å². The van der Waals surface area contributed by atoms with Gasteiger partial charge in [0.05, 0.1) is 18.4 Å². The average molecular weight is 168 g/mol. The van der Waals surface area contributed by atoms with E-state index in [-0.39, 0.29) is 12.2 Å². The van der Waals surface area contributed by atoms with Crippen LogP contribution in [0.2, 0.25) is 0 Å². The molecule has 0 aliphatic rings. The molecule has 0 aliphatic carbocycles. The van der Waals surface area contributed by atoms with Crippen LogP contribution in [0.4, 0.5) is 0 Å². The zero-order valence-electron chi connectivity index (χ0n) is 6.57. The molecule has 0 unspecified atom stereocenters. The van der Waals surface area contributed by atoms with Crippen molar-refractivity contribution < 1.29 is 18.7 Å². The highest BCUT2D eigenvalue weighted by atomic mass is 16.5. The first-order valence-electron chi connectivity index (χ1n) is 3.49. The largest absolute Gasteiger partial charge is 0.472 e. The standard InChI is InChI=1S/C8H8O4/c1-2-12-8(10)7(9)6-3-4-11-5-6/h3-5H,2H2,1H3. The van der Waals surface area contributed by atoms with Crippen LogP contribution in [-0.4, -0.2) is 18.4 Å². The fraction of sp³-hybridized carbons (Fsp3) is 0.250. The van der Waals surface area contributed by atoms with Crippen molar-refractivity contribution in [3.8, 4) is 0 Å². The molecule has 12 heavy (non-hydrogen) atoms. The SMILES string of the molecule is CCOC(=O)C(=O)c1ccoc1. The van der Waals surface area contributed by atoms with Gasteiger partial charge in [0.2, 0.25) is 0 Å². The maximum atomic E-state index is 11.1. The minimum atomic E-state index is -0.848. The van der Waals surface area contributed by atoms with Gasteiger partial charge in [-0.25, -0.2) is 4.79 Å². The van der Waals surface area contributed by atoms with Crippen molar-refractivity contribution in [2.75, 3.05) is 6.61 Å². The van der Waals surface area contributed by atoms with Crippen molar-refractivity contribution in [2.45, 2.75) is 6.92 Å². The quantitative estimate of drug-likeness (QED) is 0.384. The Morgan fingerprint density at radius 1 is 1.58 bits per heavy atom. The van der Waals surface area contributed by atoms with Crippen LogP contribution in [0.1, 0.15) is 17.3 Å². The molecule has 1 heterocycles. The Morgan fingerprint density at radius 2 is 2.33 bits per heavy atom. The number of carbonyl (C=O) groups excluding carboxylic acids is 2. The molecule has 0 saturated heterocycles. The zero-order chi connectivity index (χ0) is 8.97. The second kappa shape index (κ2) is 3.71. The van der Waals surface area contributed by atoms with Crippen molar-refractivity contribution in [3.05, 3.63) is 24.2 Å². The number of hydrogen-bond acceptors (Lipinski definition) is 4. The smallest absolute Gasteiger partial charge is 0.379 e. The summed E-state index contributed by atoms with van der Waals surface area (Å²) in [6, 6.07) is 1.42. The maximum absolute atomic E-state index is 11.1. The van der Waals surface area contributed by atoms with Crippen LogP contribution in [0, 0.1) is 0 Å². The highest BCUT2D eigenvalue weighted by Crippen LogP contribution is 2.02. The number of esters is 1. The number of carbonyl (C=O) groups is 2. The molecule has 0 N–H and O–H groups in total. The van der Waals surface area contributed by atoms with Crippen molar-refractivity contribution in [3.63, 3.8) is 0 Å². The Hall–Kier alpha value is -1.58. The highest BCUT2D eigenvalue weighted by Gasteiger charge is 2.17. The van der Waals surface area contributed by atoms with E-state index in [1.54, 1.807) is 6.92 Å². The second-order valence-electron chi connectivity index (χ2n) is 2.06. The number of Topliss-reactive ketones (excluding diaryl/α,β-unsaturated/α-hetero) is 1. The summed E-state index contributed by atoms with van der Waals surface area (Å²) in [7, 11) is 0. The molecule has 0 amide bonds. The summed E-state index contributed by atoms with van der Waals surface area (Å²) in [4.78, 5) is 21.9. The van der Waals surface area contributed by atoms with Gasteiger partial charge < -0.3 is 9.15 Å². The number of rotatable bonds is 3. The summed E-state index contributed by atoms with van der Waals surface area (Å²) in [6.45, 7) is 1.84. The Kier molecular flexibility index (Phi) is 2.63. The predicted octanol–water partition coefficient (Wildman–Crippen LogP) is 1.03. The molecule has 0 spiro atoms. The molecule has 1 aromatic rings. The van der Waals surface area contributed by atoms with E-state index in [9.17, 15) is 9.59 Å². The Morgan fingerprint density at radius 3 is 2.83 bits per heavy atom. The first-order chi connectivity index (χ1) is 5.75. The molecular weight excluding hydrogens is 160 g/mol. The van der Waals surface area contributed by atoms with Crippen LogP contribution in [0.25, 0.3) is 0 Å². The summed E-state index contributed by atoms with van der Waals surface area (Å²) in [5, 5.41) is 0. The molecule has 1 aromatic heterocycles. The van der Waals surface area contributed by atoms with Crippen molar-refractivity contribution in [2.24, 2.45) is 0 Å². The zero-order valence-corrected chi connectivity index (χ0v) is 6.57. The van der Waals surface area contributed by atoms with E-state index < -0.39 is 11.8 Å². The minimum absolute atomic E-state index is 0.197. The van der Waals surface area contributed by atoms with Crippen molar-refractivity contribution in [1.29, 1.82) is 0 Å². The molecule has 0 fully saturated rings. The predicted molar refractivity (Wildman–Crippen MR) is 39.7 cm³/mol. The molecule has 0 atom stereocenters. The Labute approximate surface area is 69.1 Å². The van der Waals surface area contributed by atoms with Crippen LogP contribution in [0.3, 0.4) is 0 Å². The van der Waals surface area contributed by atoms with E-state index in [4.69, 9.17) is 0 Å². The topological polar surface area (TPSA) is 56.5 Å². The third-order valence-corrected chi connectivity index (χ3v) is 1.24. The number of ketones is 1. The summed E-state index contributed by atoms with van der Waals surface area (Å²) >= 11 is 0. The van der Waals surface area contributed by atoms with Crippen LogP contribution < -0.4 is 0 Å². The highest BCUT2D eigenvalue weighted by molar-refractivity contribution is 6.40. The Balaban J connectivity index is 2.66. The fourth-order valence-electron chi connectivity index (χ4n) is 0.708. The normalized spacial score (nSPS) is 9.42. The van der Waals surface area contributed by atoms with Gasteiger partial charge in [-0.3, -0.25) is 4.79 Å². The van der Waals surface area contributed by atoms with Crippen LogP contribution in [0.15, 0.2) is 23.0 Å². The molecule has 1 rings (SSSR count). The van der Waals surface area contributed by atoms with Crippen LogP contribution >= 0.6 is 0 Å². The Bertz CT molecular complexity index is 273. The summed E-state index contributed by atoms with van der Waals surface area (Å²) in [5.74, 6) is -1.52. The molecule has 0 radical (unpaired) electrons. The summed E-state index contributed by atoms with van der Waals surface area (Å²) < 4.78 is 9.13. The fourth-order valence-corrected chi connectivity index (χ4v) is 0.708. The second-order valence-corrected chi connectivity index (χ2v) is 2.06. The van der Waals surface area contributed by atoms with Gasteiger partial charge in [-0.1, -0.05) is 0 Å². The molecule has 0 aromatic carbocycles. The van der Waals surface area contributed by atoms with E-state index in [0.717, 1.165) is 0 Å². The number of furan rings is 1. The van der Waals surface area contributed by atoms with Gasteiger partial charge in [-0.05, 0) is 13.0 Å². The van der Waals surface area contributed by atoms with Gasteiger partial charge in [0.1, 0.15) is 6.26 Å². The molecule has 4 heteroatoms. The molecule has 0 saturated carbocycles. The first kappa shape index (κ1) is 8.52. The lowest BCUT2D eigenvalue weighted by molar-refractivity contribution is -0.137. The number of hydrogen-bond donors (Lipinski definition) is 0. The maximum Gasteiger partial charge on any atom is 0.379 e. The monoisotopic (exact) mass is 168 g/mol. The van der Waals surface area contributed by atoms with E-state index in [1.807, 2.05) is 0 Å². The van der Waals surface area contributed by atoms with Crippen molar-refractivity contribution in [1.82, 2.24) is 0 Å². The van der Waals surface area contributed by atoms with Gasteiger partial charge in [0.25, 0.3) is 5.78 Å². The summed E-state index contributed by atoms with van der Waals surface area (Å²) in [6.07, 6.45) is 2.53. The van der Waals surface area contributed by atoms with Gasteiger partial charge in [0.15, 0.2) is 0 Å². The van der Waals surface area contributed by atoms with Gasteiger partial charge in [-0.15, -0.1) is 0 Å². The van der Waals surface area contributed by atoms with Crippen LogP contribution in [0.5, 0.6) is 0 Å².